The molecule has 7 nitrogen and oxygen atoms in total. The van der Waals surface area contributed by atoms with E-state index >= 15 is 0 Å². The van der Waals surface area contributed by atoms with E-state index in [1.54, 1.807) is 0 Å². The number of hydroxylamine groups is 2. The molecule has 0 aromatic rings. The van der Waals surface area contributed by atoms with E-state index in [0.29, 0.717) is 6.54 Å². The lowest BCUT2D eigenvalue weighted by atomic mass is 10.2. The first-order valence-corrected chi connectivity index (χ1v) is 5.23. The summed E-state index contributed by atoms with van der Waals surface area (Å²) in [5.74, 6) is -0.192. The topological polar surface area (TPSA) is 87.2 Å². The fraction of sp³-hybridized carbons (Fsp3) is 0.500. The first kappa shape index (κ1) is 9.59. The quantitative estimate of drug-likeness (QED) is 0.586. The summed E-state index contributed by atoms with van der Waals surface area (Å²) < 4.78 is 33.6. The Hall–Kier alpha value is -0.960. The third-order valence-electron chi connectivity index (χ3n) is 2.05. The highest BCUT2D eigenvalue weighted by Crippen LogP contribution is 2.20. The van der Waals surface area contributed by atoms with E-state index in [1.165, 1.54) is 17.1 Å². The molecule has 0 aromatic heterocycles. The Kier molecular flexibility index (Phi) is 2.07. The Balaban J connectivity index is 2.13. The van der Waals surface area contributed by atoms with Crippen molar-refractivity contribution < 1.29 is 22.0 Å². The maximum absolute atomic E-state index is 11.1. The molecule has 2 aliphatic rings. The van der Waals surface area contributed by atoms with E-state index < -0.39 is 10.4 Å². The molecular weight excluding hydrogens is 212 g/mol. The first-order chi connectivity index (χ1) is 6.46. The number of carbonyl (C=O) groups excluding carboxylic acids is 1. The normalized spacial score (nSPS) is 27.4. The van der Waals surface area contributed by atoms with Crippen LogP contribution in [0.5, 0.6) is 0 Å². The second-order valence-corrected chi connectivity index (χ2v) is 4.05. The van der Waals surface area contributed by atoms with Crippen molar-refractivity contribution in [1.29, 1.82) is 0 Å². The van der Waals surface area contributed by atoms with Crippen LogP contribution in [0, 0.1) is 0 Å². The van der Waals surface area contributed by atoms with Gasteiger partial charge >= 0.3 is 10.4 Å². The Labute approximate surface area is 80.4 Å². The van der Waals surface area contributed by atoms with Gasteiger partial charge in [-0.3, -0.25) is 9.35 Å². The van der Waals surface area contributed by atoms with Gasteiger partial charge in [-0.1, -0.05) is 6.08 Å². The van der Waals surface area contributed by atoms with Crippen LogP contribution in [0.3, 0.4) is 0 Å². The molecule has 1 fully saturated rings. The van der Waals surface area contributed by atoms with Crippen LogP contribution in [-0.4, -0.2) is 48.1 Å². The number of rotatable bonds is 2. The SMILES string of the molecule is O=C1C=CC2CN1CN2OS(=O)(=O)O. The summed E-state index contributed by atoms with van der Waals surface area (Å²) in [4.78, 5) is 12.5. The number of amides is 1. The Bertz CT molecular complexity index is 389. The molecule has 78 valence electrons. The van der Waals surface area contributed by atoms with Crippen LogP contribution in [0.4, 0.5) is 0 Å². The van der Waals surface area contributed by atoms with Crippen molar-refractivity contribution in [1.82, 2.24) is 9.96 Å². The fourth-order valence-corrected chi connectivity index (χ4v) is 1.86. The van der Waals surface area contributed by atoms with Crippen molar-refractivity contribution in [2.24, 2.45) is 0 Å². The van der Waals surface area contributed by atoms with Gasteiger partial charge in [0.25, 0.3) is 0 Å². The fourth-order valence-electron chi connectivity index (χ4n) is 1.46. The third kappa shape index (κ3) is 1.77. The molecule has 0 saturated carbocycles. The summed E-state index contributed by atoms with van der Waals surface area (Å²) in [7, 11) is -4.51. The lowest BCUT2D eigenvalue weighted by molar-refractivity contribution is -0.128. The van der Waals surface area contributed by atoms with Crippen LogP contribution < -0.4 is 0 Å². The largest absolute Gasteiger partial charge is 0.413 e. The van der Waals surface area contributed by atoms with Crippen LogP contribution in [0.1, 0.15) is 0 Å². The van der Waals surface area contributed by atoms with Gasteiger partial charge in [0, 0.05) is 12.6 Å². The van der Waals surface area contributed by atoms with Gasteiger partial charge in [-0.05, 0) is 0 Å². The Morgan fingerprint density at radius 3 is 2.86 bits per heavy atom. The standard InChI is InChI=1S/C6H8N2O5S/c9-6-2-1-5-3-7(6)4-8(5)13-14(10,11)12/h1-2,5H,3-4H2,(H,10,11,12). The van der Waals surface area contributed by atoms with Gasteiger partial charge in [0.15, 0.2) is 0 Å². The first-order valence-electron chi connectivity index (χ1n) is 3.86. The number of hydrogen-bond donors (Lipinski definition) is 1. The maximum atomic E-state index is 11.1. The molecule has 0 aromatic carbocycles. The summed E-state index contributed by atoms with van der Waals surface area (Å²) in [5, 5.41) is 1.04. The monoisotopic (exact) mass is 220 g/mol. The summed E-state index contributed by atoms with van der Waals surface area (Å²) >= 11 is 0. The van der Waals surface area contributed by atoms with Crippen molar-refractivity contribution in [3.05, 3.63) is 12.2 Å². The van der Waals surface area contributed by atoms with Crippen molar-refractivity contribution in [2.75, 3.05) is 13.2 Å². The van der Waals surface area contributed by atoms with Crippen molar-refractivity contribution in [3.63, 3.8) is 0 Å². The minimum absolute atomic E-state index is 0.0380. The second kappa shape index (κ2) is 3.02. The van der Waals surface area contributed by atoms with Crippen LogP contribution in [0.25, 0.3) is 0 Å². The zero-order valence-corrected chi connectivity index (χ0v) is 7.85. The minimum atomic E-state index is -4.51. The van der Waals surface area contributed by atoms with E-state index in [1.807, 2.05) is 0 Å². The molecule has 1 unspecified atom stereocenters. The predicted octanol–water partition coefficient (Wildman–Crippen LogP) is -1.24. The average molecular weight is 220 g/mol. The maximum Gasteiger partial charge on any atom is 0.413 e. The molecule has 2 bridgehead atoms. The second-order valence-electron chi connectivity index (χ2n) is 3.05. The molecule has 0 aliphatic carbocycles. The molecule has 14 heavy (non-hydrogen) atoms. The lowest BCUT2D eigenvalue weighted by Crippen LogP contribution is -2.31. The molecule has 8 heteroatoms. The minimum Gasteiger partial charge on any atom is -0.322 e. The molecule has 1 atom stereocenters. The van der Waals surface area contributed by atoms with Crippen LogP contribution in [0.15, 0.2) is 12.2 Å². The molecular formula is C6H8N2O5S. The van der Waals surface area contributed by atoms with Crippen LogP contribution in [0.2, 0.25) is 0 Å². The van der Waals surface area contributed by atoms with E-state index in [4.69, 9.17) is 4.55 Å². The van der Waals surface area contributed by atoms with Crippen LogP contribution in [-0.2, 0) is 19.5 Å². The molecule has 1 saturated heterocycles. The highest BCUT2D eigenvalue weighted by molar-refractivity contribution is 7.80. The number of nitrogens with zero attached hydrogens (tertiary/aromatic N) is 2. The van der Waals surface area contributed by atoms with E-state index in [2.05, 4.69) is 4.28 Å². The predicted molar refractivity (Wildman–Crippen MR) is 44.0 cm³/mol. The molecule has 1 N–H and O–H groups in total. The summed E-state index contributed by atoms with van der Waals surface area (Å²) in [5.41, 5.74) is 0. The average Bonchev–Trinajstić information content (AvgIpc) is 2.35. The third-order valence-corrected chi connectivity index (χ3v) is 2.43. The van der Waals surface area contributed by atoms with Gasteiger partial charge in [0.2, 0.25) is 5.91 Å². The Morgan fingerprint density at radius 2 is 2.29 bits per heavy atom. The van der Waals surface area contributed by atoms with E-state index in [0.717, 1.165) is 5.06 Å². The molecule has 1 amide bonds. The van der Waals surface area contributed by atoms with Gasteiger partial charge in [0.1, 0.15) is 0 Å². The lowest BCUT2D eigenvalue weighted by Gasteiger charge is -2.15. The molecule has 2 heterocycles. The smallest absolute Gasteiger partial charge is 0.322 e. The van der Waals surface area contributed by atoms with Gasteiger partial charge < -0.3 is 4.90 Å². The van der Waals surface area contributed by atoms with Crippen molar-refractivity contribution in [3.8, 4) is 0 Å². The summed E-state index contributed by atoms with van der Waals surface area (Å²) in [6, 6.07) is -0.311. The van der Waals surface area contributed by atoms with Gasteiger partial charge in [-0.25, -0.2) is 0 Å². The van der Waals surface area contributed by atoms with Crippen LogP contribution >= 0.6 is 0 Å². The molecule has 0 radical (unpaired) electrons. The van der Waals surface area contributed by atoms with Crippen molar-refractivity contribution >= 4 is 16.3 Å². The van der Waals surface area contributed by atoms with E-state index in [9.17, 15) is 13.2 Å². The number of carbonyl (C=O) groups is 1. The summed E-state index contributed by atoms with van der Waals surface area (Å²) in [6.07, 6.45) is 2.89. The van der Waals surface area contributed by atoms with Gasteiger partial charge in [-0.2, -0.15) is 12.7 Å². The highest BCUT2D eigenvalue weighted by atomic mass is 32.3. The molecule has 0 spiro atoms. The number of fused-ring (bicyclic) bond motifs is 2. The van der Waals surface area contributed by atoms with Gasteiger partial charge in [0.05, 0.1) is 12.7 Å². The van der Waals surface area contributed by atoms with Gasteiger partial charge in [-0.15, -0.1) is 5.06 Å². The van der Waals surface area contributed by atoms with E-state index in [-0.39, 0.29) is 18.6 Å². The highest BCUT2D eigenvalue weighted by Gasteiger charge is 2.37. The number of hydrogen-bond acceptors (Lipinski definition) is 5. The molecule has 2 aliphatic heterocycles. The zero-order valence-electron chi connectivity index (χ0n) is 7.03. The molecule has 2 rings (SSSR count). The summed E-state index contributed by atoms with van der Waals surface area (Å²) in [6.45, 7) is 0.418. The zero-order chi connectivity index (χ0) is 10.3. The van der Waals surface area contributed by atoms with Crippen molar-refractivity contribution in [2.45, 2.75) is 6.04 Å². The Morgan fingerprint density at radius 1 is 1.57 bits per heavy atom.